The van der Waals surface area contributed by atoms with Gasteiger partial charge >= 0.3 is 0 Å². The third-order valence-electron chi connectivity index (χ3n) is 2.49. The van der Waals surface area contributed by atoms with E-state index in [0.29, 0.717) is 23.3 Å². The zero-order valence-corrected chi connectivity index (χ0v) is 11.1. The summed E-state index contributed by atoms with van der Waals surface area (Å²) in [6.45, 7) is 5.05. The largest absolute Gasteiger partial charge is 0.375 e. The summed E-state index contributed by atoms with van der Waals surface area (Å²) in [5.41, 5.74) is 6.70. The molecule has 0 aliphatic rings. The number of ether oxygens (including phenoxy) is 1. The van der Waals surface area contributed by atoms with Gasteiger partial charge in [0.2, 0.25) is 0 Å². The smallest absolute Gasteiger partial charge is 0.0718 e. The molecule has 0 spiro atoms. The Bertz CT molecular complexity index is 353. The van der Waals surface area contributed by atoms with Crippen LogP contribution in [0.1, 0.15) is 25.8 Å². The Morgan fingerprint density at radius 3 is 2.56 bits per heavy atom. The Balaban J connectivity index is 2.46. The average Bonchev–Trinajstić information content (AvgIpc) is 2.23. The van der Waals surface area contributed by atoms with Gasteiger partial charge in [0, 0.05) is 5.54 Å². The number of benzene rings is 1. The Kier molecular flexibility index (Phi) is 5.06. The molecule has 1 atom stereocenters. The highest BCUT2D eigenvalue weighted by molar-refractivity contribution is 6.41. The molecule has 1 unspecified atom stereocenters. The molecular weight excluding hydrogens is 245 g/mol. The van der Waals surface area contributed by atoms with E-state index in [2.05, 4.69) is 0 Å². The third kappa shape index (κ3) is 4.30. The van der Waals surface area contributed by atoms with Crippen LogP contribution in [0.4, 0.5) is 0 Å². The summed E-state index contributed by atoms with van der Waals surface area (Å²) in [6, 6.07) is 5.47. The zero-order chi connectivity index (χ0) is 12.2. The lowest BCUT2D eigenvalue weighted by Gasteiger charge is -2.22. The van der Waals surface area contributed by atoms with Crippen LogP contribution < -0.4 is 5.73 Å². The Labute approximate surface area is 107 Å². The molecule has 1 rings (SSSR count). The van der Waals surface area contributed by atoms with Gasteiger partial charge in [-0.15, -0.1) is 0 Å². The molecule has 1 aromatic carbocycles. The monoisotopic (exact) mass is 261 g/mol. The molecule has 0 aliphatic heterocycles. The second-order valence-corrected chi connectivity index (χ2v) is 5.06. The predicted molar refractivity (Wildman–Crippen MR) is 69.0 cm³/mol. The van der Waals surface area contributed by atoms with Crippen molar-refractivity contribution in [1.82, 2.24) is 0 Å². The summed E-state index contributed by atoms with van der Waals surface area (Å²) in [5, 5.41) is 1.11. The van der Waals surface area contributed by atoms with Crippen molar-refractivity contribution in [2.75, 3.05) is 6.61 Å². The van der Waals surface area contributed by atoms with Crippen LogP contribution in [0, 0.1) is 0 Å². The second kappa shape index (κ2) is 5.87. The van der Waals surface area contributed by atoms with Crippen molar-refractivity contribution in [2.45, 2.75) is 32.4 Å². The lowest BCUT2D eigenvalue weighted by molar-refractivity contribution is 0.0777. The Hall–Kier alpha value is -0.280. The van der Waals surface area contributed by atoms with E-state index in [1.54, 1.807) is 6.07 Å². The first-order valence-electron chi connectivity index (χ1n) is 5.25. The van der Waals surface area contributed by atoms with Crippen LogP contribution in [-0.2, 0) is 11.3 Å². The van der Waals surface area contributed by atoms with Gasteiger partial charge < -0.3 is 10.5 Å². The van der Waals surface area contributed by atoms with E-state index >= 15 is 0 Å². The second-order valence-electron chi connectivity index (χ2n) is 4.25. The average molecular weight is 262 g/mol. The van der Waals surface area contributed by atoms with Crippen molar-refractivity contribution < 1.29 is 4.74 Å². The van der Waals surface area contributed by atoms with Gasteiger partial charge in [-0.25, -0.2) is 0 Å². The van der Waals surface area contributed by atoms with Crippen LogP contribution in [-0.4, -0.2) is 12.1 Å². The highest BCUT2D eigenvalue weighted by Gasteiger charge is 2.15. The van der Waals surface area contributed by atoms with Gasteiger partial charge in [-0.3, -0.25) is 0 Å². The van der Waals surface area contributed by atoms with Crippen molar-refractivity contribution in [3.8, 4) is 0 Å². The topological polar surface area (TPSA) is 35.2 Å². The molecule has 0 fully saturated rings. The minimum absolute atomic E-state index is 0.268. The van der Waals surface area contributed by atoms with E-state index in [1.165, 1.54) is 0 Å². The fourth-order valence-corrected chi connectivity index (χ4v) is 1.45. The predicted octanol–water partition coefficient (Wildman–Crippen LogP) is 3.64. The first-order valence-corrected chi connectivity index (χ1v) is 6.01. The molecule has 16 heavy (non-hydrogen) atoms. The van der Waals surface area contributed by atoms with E-state index < -0.39 is 0 Å². The standard InChI is InChI=1S/C12H17Cl2NO/c1-3-12(2,15)8-16-7-9-4-5-10(13)11(14)6-9/h4-6H,3,7-8,15H2,1-2H3. The molecule has 0 radical (unpaired) electrons. The molecule has 0 saturated heterocycles. The molecule has 0 bridgehead atoms. The van der Waals surface area contributed by atoms with Gasteiger partial charge in [0.25, 0.3) is 0 Å². The molecular formula is C12H17Cl2NO. The third-order valence-corrected chi connectivity index (χ3v) is 3.23. The summed E-state index contributed by atoms with van der Waals surface area (Å²) in [4.78, 5) is 0. The van der Waals surface area contributed by atoms with Gasteiger partial charge in [0.1, 0.15) is 0 Å². The van der Waals surface area contributed by atoms with Crippen molar-refractivity contribution >= 4 is 23.2 Å². The minimum atomic E-state index is -0.268. The maximum Gasteiger partial charge on any atom is 0.0718 e. The molecule has 0 amide bonds. The van der Waals surface area contributed by atoms with E-state index in [0.717, 1.165) is 12.0 Å². The number of halogens is 2. The number of hydrogen-bond acceptors (Lipinski definition) is 2. The number of nitrogens with two attached hydrogens (primary N) is 1. The number of hydrogen-bond donors (Lipinski definition) is 1. The molecule has 0 aromatic heterocycles. The Morgan fingerprint density at radius 1 is 1.31 bits per heavy atom. The van der Waals surface area contributed by atoms with Crippen LogP contribution in [0.15, 0.2) is 18.2 Å². The first kappa shape index (κ1) is 13.8. The normalized spacial score (nSPS) is 14.8. The van der Waals surface area contributed by atoms with Crippen LogP contribution in [0.2, 0.25) is 10.0 Å². The fourth-order valence-electron chi connectivity index (χ4n) is 1.13. The van der Waals surface area contributed by atoms with Crippen LogP contribution in [0.3, 0.4) is 0 Å². The Morgan fingerprint density at radius 2 is 2.00 bits per heavy atom. The van der Waals surface area contributed by atoms with Crippen molar-refractivity contribution in [2.24, 2.45) is 5.73 Å². The molecule has 1 aromatic rings. The molecule has 2 nitrogen and oxygen atoms in total. The van der Waals surface area contributed by atoms with Crippen LogP contribution >= 0.6 is 23.2 Å². The molecule has 0 aliphatic carbocycles. The van der Waals surface area contributed by atoms with Crippen molar-refractivity contribution in [3.05, 3.63) is 33.8 Å². The van der Waals surface area contributed by atoms with E-state index in [1.807, 2.05) is 26.0 Å². The fraction of sp³-hybridized carbons (Fsp3) is 0.500. The summed E-state index contributed by atoms with van der Waals surface area (Å²) in [7, 11) is 0. The summed E-state index contributed by atoms with van der Waals surface area (Å²) < 4.78 is 5.54. The number of rotatable bonds is 5. The lowest BCUT2D eigenvalue weighted by atomic mass is 10.0. The van der Waals surface area contributed by atoms with Crippen LogP contribution in [0.5, 0.6) is 0 Å². The molecule has 90 valence electrons. The molecule has 0 heterocycles. The summed E-state index contributed by atoms with van der Waals surface area (Å²) >= 11 is 11.7. The maximum absolute atomic E-state index is 5.96. The first-order chi connectivity index (χ1) is 7.44. The van der Waals surface area contributed by atoms with Gasteiger partial charge in [-0.2, -0.15) is 0 Å². The maximum atomic E-state index is 5.96. The lowest BCUT2D eigenvalue weighted by Crippen LogP contribution is -2.40. The van der Waals surface area contributed by atoms with Gasteiger partial charge in [0.15, 0.2) is 0 Å². The van der Waals surface area contributed by atoms with Gasteiger partial charge in [-0.1, -0.05) is 36.2 Å². The molecule has 4 heteroatoms. The summed E-state index contributed by atoms with van der Waals surface area (Å²) in [6.07, 6.45) is 0.883. The van der Waals surface area contributed by atoms with Gasteiger partial charge in [0.05, 0.1) is 23.3 Å². The van der Waals surface area contributed by atoms with E-state index in [-0.39, 0.29) is 5.54 Å². The minimum Gasteiger partial charge on any atom is -0.375 e. The quantitative estimate of drug-likeness (QED) is 0.879. The van der Waals surface area contributed by atoms with Gasteiger partial charge in [-0.05, 0) is 31.0 Å². The van der Waals surface area contributed by atoms with E-state index in [4.69, 9.17) is 33.7 Å². The molecule has 2 N–H and O–H groups in total. The van der Waals surface area contributed by atoms with E-state index in [9.17, 15) is 0 Å². The highest BCUT2D eigenvalue weighted by Crippen LogP contribution is 2.23. The van der Waals surface area contributed by atoms with Crippen molar-refractivity contribution in [3.63, 3.8) is 0 Å². The zero-order valence-electron chi connectivity index (χ0n) is 9.59. The molecule has 0 saturated carbocycles. The van der Waals surface area contributed by atoms with Crippen molar-refractivity contribution in [1.29, 1.82) is 0 Å². The SMILES string of the molecule is CCC(C)(N)COCc1ccc(Cl)c(Cl)c1. The highest BCUT2D eigenvalue weighted by atomic mass is 35.5. The summed E-state index contributed by atoms with van der Waals surface area (Å²) in [5.74, 6) is 0. The van der Waals surface area contributed by atoms with Crippen LogP contribution in [0.25, 0.3) is 0 Å².